The molecule has 0 aliphatic heterocycles. The molecule has 6 N–H and O–H groups in total. The van der Waals surface area contributed by atoms with E-state index in [0.29, 0.717) is 0 Å². The highest BCUT2D eigenvalue weighted by atomic mass is 19.4. The van der Waals surface area contributed by atoms with E-state index in [1.54, 1.807) is 0 Å². The summed E-state index contributed by atoms with van der Waals surface area (Å²) in [6.45, 7) is 0. The first-order valence-electron chi connectivity index (χ1n) is 6.84. The van der Waals surface area contributed by atoms with Gasteiger partial charge >= 0.3 is 6.18 Å². The third kappa shape index (κ3) is 4.82. The van der Waals surface area contributed by atoms with Crippen molar-refractivity contribution in [2.45, 2.75) is 6.18 Å². The van der Waals surface area contributed by atoms with Gasteiger partial charge in [0.15, 0.2) is 23.3 Å². The van der Waals surface area contributed by atoms with Gasteiger partial charge < -0.3 is 21.9 Å². The molecule has 138 valence electrons. The number of alkyl halides is 3. The molecule has 2 aromatic carbocycles. The van der Waals surface area contributed by atoms with E-state index >= 15 is 0 Å². The second-order valence-electron chi connectivity index (χ2n) is 4.87. The second kappa shape index (κ2) is 7.25. The number of nitrogens with zero attached hydrogens (tertiary/aromatic N) is 2. The van der Waals surface area contributed by atoms with Crippen molar-refractivity contribution in [3.63, 3.8) is 0 Å². The number of halogens is 5. The Morgan fingerprint density at radius 1 is 0.962 bits per heavy atom. The summed E-state index contributed by atoms with van der Waals surface area (Å²) in [7, 11) is 0. The molecule has 0 atom stereocenters. The average molecular weight is 373 g/mol. The molecule has 0 bridgehead atoms. The first-order chi connectivity index (χ1) is 12.1. The summed E-state index contributed by atoms with van der Waals surface area (Å²) in [6, 6.07) is 5.69. The second-order valence-corrected chi connectivity index (χ2v) is 4.87. The van der Waals surface area contributed by atoms with Gasteiger partial charge in [-0.05, 0) is 24.3 Å². The van der Waals surface area contributed by atoms with E-state index in [2.05, 4.69) is 9.98 Å². The van der Waals surface area contributed by atoms with E-state index in [1.807, 2.05) is 0 Å². The molecule has 0 heterocycles. The summed E-state index contributed by atoms with van der Waals surface area (Å²) >= 11 is 0. The first-order valence-corrected chi connectivity index (χ1v) is 6.84. The van der Waals surface area contributed by atoms with Crippen molar-refractivity contribution in [1.29, 1.82) is 0 Å². The SMILES string of the molecule is NC(N)=NC(N)=Nc1cccc(Oc2c(F)cc(C(F)(F)F)cc2F)c1. The van der Waals surface area contributed by atoms with Gasteiger partial charge in [0.05, 0.1) is 11.3 Å². The summed E-state index contributed by atoms with van der Waals surface area (Å²) in [5.41, 5.74) is 14.4. The van der Waals surface area contributed by atoms with Gasteiger partial charge in [0.25, 0.3) is 0 Å². The lowest BCUT2D eigenvalue weighted by Crippen LogP contribution is -2.26. The largest absolute Gasteiger partial charge is 0.451 e. The molecule has 0 fully saturated rings. The fourth-order valence-corrected chi connectivity index (χ4v) is 1.84. The Kier molecular flexibility index (Phi) is 5.29. The van der Waals surface area contributed by atoms with E-state index in [0.717, 1.165) is 0 Å². The van der Waals surface area contributed by atoms with Gasteiger partial charge in [0.2, 0.25) is 5.96 Å². The molecule has 0 amide bonds. The summed E-state index contributed by atoms with van der Waals surface area (Å²) in [6.07, 6.45) is -4.89. The van der Waals surface area contributed by atoms with Crippen LogP contribution < -0.4 is 21.9 Å². The number of benzene rings is 2. The molecule has 0 spiro atoms. The van der Waals surface area contributed by atoms with Crippen LogP contribution in [0.25, 0.3) is 0 Å². The van der Waals surface area contributed by atoms with Gasteiger partial charge in [-0.15, -0.1) is 0 Å². The Balaban J connectivity index is 2.33. The van der Waals surface area contributed by atoms with Crippen LogP contribution in [0.3, 0.4) is 0 Å². The molecule has 0 aliphatic rings. The van der Waals surface area contributed by atoms with Crippen LogP contribution in [-0.2, 0) is 6.18 Å². The third-order valence-corrected chi connectivity index (χ3v) is 2.85. The standard InChI is InChI=1S/C15H12F5N5O/c16-10-4-7(15(18,19)20)5-11(17)12(10)26-9-3-1-2-8(6-9)24-14(23)25-13(21)22/h1-6H,(H6,21,22,23,24,25). The molecular weight excluding hydrogens is 361 g/mol. The molecule has 0 unspecified atom stereocenters. The molecule has 6 nitrogen and oxygen atoms in total. The molecular formula is C15H12F5N5O. The zero-order chi connectivity index (χ0) is 19.5. The van der Waals surface area contributed by atoms with Crippen LogP contribution in [0.2, 0.25) is 0 Å². The first kappa shape index (κ1) is 19.0. The summed E-state index contributed by atoms with van der Waals surface area (Å²) in [5, 5.41) is 0. The van der Waals surface area contributed by atoms with Crippen molar-refractivity contribution >= 4 is 17.6 Å². The number of hydrogen-bond acceptors (Lipinski definition) is 2. The fraction of sp³-hybridized carbons (Fsp3) is 0.0667. The van der Waals surface area contributed by atoms with E-state index in [-0.39, 0.29) is 35.5 Å². The van der Waals surface area contributed by atoms with E-state index in [1.165, 1.54) is 24.3 Å². The lowest BCUT2D eigenvalue weighted by Gasteiger charge is -2.12. The minimum atomic E-state index is -4.89. The minimum Gasteiger partial charge on any atom is -0.451 e. The number of nitrogens with two attached hydrogens (primary N) is 3. The monoisotopic (exact) mass is 373 g/mol. The lowest BCUT2D eigenvalue weighted by molar-refractivity contribution is -0.138. The van der Waals surface area contributed by atoms with Crippen LogP contribution in [0.15, 0.2) is 46.4 Å². The predicted octanol–water partition coefficient (Wildman–Crippen LogP) is 3.00. The molecule has 0 aromatic heterocycles. The Labute approximate surface area is 143 Å². The number of aliphatic imine (C=N–C) groups is 2. The van der Waals surface area contributed by atoms with Gasteiger partial charge in [-0.1, -0.05) is 6.07 Å². The number of ether oxygens (including phenoxy) is 1. The van der Waals surface area contributed by atoms with Gasteiger partial charge in [0.1, 0.15) is 5.75 Å². The highest BCUT2D eigenvalue weighted by Gasteiger charge is 2.33. The maximum atomic E-state index is 13.8. The maximum absolute atomic E-state index is 13.8. The fourth-order valence-electron chi connectivity index (χ4n) is 1.84. The summed E-state index contributed by atoms with van der Waals surface area (Å²) in [5.74, 6) is -4.71. The Morgan fingerprint density at radius 3 is 2.12 bits per heavy atom. The topological polar surface area (TPSA) is 112 Å². The number of hydrogen-bond donors (Lipinski definition) is 3. The smallest absolute Gasteiger partial charge is 0.416 e. The lowest BCUT2D eigenvalue weighted by atomic mass is 10.2. The van der Waals surface area contributed by atoms with Crippen molar-refractivity contribution in [1.82, 2.24) is 0 Å². The van der Waals surface area contributed by atoms with Crippen LogP contribution in [0.4, 0.5) is 27.6 Å². The Morgan fingerprint density at radius 2 is 1.58 bits per heavy atom. The zero-order valence-corrected chi connectivity index (χ0v) is 12.9. The molecule has 0 saturated carbocycles. The van der Waals surface area contributed by atoms with Crippen molar-refractivity contribution in [2.75, 3.05) is 0 Å². The van der Waals surface area contributed by atoms with Gasteiger partial charge in [0, 0.05) is 6.07 Å². The molecule has 0 saturated heterocycles. The van der Waals surface area contributed by atoms with Gasteiger partial charge in [-0.25, -0.2) is 13.8 Å². The highest BCUT2D eigenvalue weighted by molar-refractivity contribution is 5.93. The Bertz CT molecular complexity index is 852. The van der Waals surface area contributed by atoms with Crippen LogP contribution in [-0.4, -0.2) is 11.9 Å². The molecule has 2 rings (SSSR count). The van der Waals surface area contributed by atoms with Gasteiger partial charge in [-0.2, -0.15) is 18.2 Å². The molecule has 0 radical (unpaired) electrons. The molecule has 0 aliphatic carbocycles. The van der Waals surface area contributed by atoms with Crippen LogP contribution in [0, 0.1) is 11.6 Å². The van der Waals surface area contributed by atoms with Crippen LogP contribution in [0.1, 0.15) is 5.56 Å². The molecule has 26 heavy (non-hydrogen) atoms. The normalized spacial score (nSPS) is 12.0. The van der Waals surface area contributed by atoms with Gasteiger partial charge in [-0.3, -0.25) is 0 Å². The molecule has 2 aromatic rings. The Hall–Kier alpha value is -3.37. The van der Waals surface area contributed by atoms with E-state index < -0.39 is 29.1 Å². The maximum Gasteiger partial charge on any atom is 0.416 e. The van der Waals surface area contributed by atoms with E-state index in [9.17, 15) is 22.0 Å². The highest BCUT2D eigenvalue weighted by Crippen LogP contribution is 2.36. The number of rotatable bonds is 3. The van der Waals surface area contributed by atoms with E-state index in [4.69, 9.17) is 21.9 Å². The minimum absolute atomic E-state index is 0.0960. The van der Waals surface area contributed by atoms with Crippen molar-refractivity contribution in [3.05, 3.63) is 53.6 Å². The quantitative estimate of drug-likeness (QED) is 0.436. The van der Waals surface area contributed by atoms with Crippen molar-refractivity contribution in [2.24, 2.45) is 27.2 Å². The van der Waals surface area contributed by atoms with Crippen molar-refractivity contribution in [3.8, 4) is 11.5 Å². The third-order valence-electron chi connectivity index (χ3n) is 2.85. The predicted molar refractivity (Wildman–Crippen MR) is 85.0 cm³/mol. The average Bonchev–Trinajstić information content (AvgIpc) is 2.49. The summed E-state index contributed by atoms with van der Waals surface area (Å²) < 4.78 is 70.3. The van der Waals surface area contributed by atoms with Crippen LogP contribution in [0.5, 0.6) is 11.5 Å². The molecule has 11 heteroatoms. The van der Waals surface area contributed by atoms with Crippen molar-refractivity contribution < 1.29 is 26.7 Å². The summed E-state index contributed by atoms with van der Waals surface area (Å²) in [4.78, 5) is 7.30. The van der Waals surface area contributed by atoms with Crippen LogP contribution >= 0.6 is 0 Å². The number of guanidine groups is 2. The zero-order valence-electron chi connectivity index (χ0n) is 12.9.